The first-order valence-electron chi connectivity index (χ1n) is 3.54. The minimum atomic E-state index is -0.399. The van der Waals surface area contributed by atoms with Crippen LogP contribution in [0.5, 0.6) is 0 Å². The van der Waals surface area contributed by atoms with Gasteiger partial charge in [0.15, 0.2) is 0 Å². The molecule has 0 atom stereocenters. The smallest absolute Gasteiger partial charge is 0.339 e. The van der Waals surface area contributed by atoms with E-state index in [0.29, 0.717) is 15.7 Å². The monoisotopic (exact) mass is 244 g/mol. The molecule has 13 heavy (non-hydrogen) atoms. The van der Waals surface area contributed by atoms with Gasteiger partial charge in [-0.3, -0.25) is 5.84 Å². The van der Waals surface area contributed by atoms with E-state index < -0.39 is 5.97 Å². The summed E-state index contributed by atoms with van der Waals surface area (Å²) in [6.45, 7) is 0. The predicted molar refractivity (Wildman–Crippen MR) is 53.3 cm³/mol. The van der Waals surface area contributed by atoms with Crippen LogP contribution in [0, 0.1) is 0 Å². The molecule has 1 aromatic rings. The fourth-order valence-corrected chi connectivity index (χ4v) is 1.45. The number of nitrogens with one attached hydrogen (secondary N) is 1. The van der Waals surface area contributed by atoms with Gasteiger partial charge in [-0.05, 0) is 28.1 Å². The van der Waals surface area contributed by atoms with Gasteiger partial charge in [-0.25, -0.2) is 4.79 Å². The number of hydrogen-bond donors (Lipinski definition) is 2. The van der Waals surface area contributed by atoms with Crippen molar-refractivity contribution in [2.24, 2.45) is 5.84 Å². The summed E-state index contributed by atoms with van der Waals surface area (Å²) >= 11 is 3.24. The third kappa shape index (κ3) is 1.99. The van der Waals surface area contributed by atoms with Crippen molar-refractivity contribution in [2.45, 2.75) is 0 Å². The molecule has 3 N–H and O–H groups in total. The molecule has 4 nitrogen and oxygen atoms in total. The van der Waals surface area contributed by atoms with Gasteiger partial charge in [-0.2, -0.15) is 0 Å². The standard InChI is InChI=1S/C8H9BrN2O2/c1-13-8(12)5-3-2-4-6(11-10)7(5)9/h2-4,11H,10H2,1H3. The molecular formula is C8H9BrN2O2. The fourth-order valence-electron chi connectivity index (χ4n) is 0.911. The molecule has 0 aliphatic heterocycles. The van der Waals surface area contributed by atoms with Gasteiger partial charge in [-0.1, -0.05) is 6.07 Å². The Morgan fingerprint density at radius 3 is 2.85 bits per heavy atom. The van der Waals surface area contributed by atoms with Crippen LogP contribution in [-0.4, -0.2) is 13.1 Å². The van der Waals surface area contributed by atoms with Crippen molar-refractivity contribution in [1.82, 2.24) is 0 Å². The molecule has 0 saturated carbocycles. The zero-order valence-electron chi connectivity index (χ0n) is 7.00. The van der Waals surface area contributed by atoms with E-state index in [1.807, 2.05) is 0 Å². The highest BCUT2D eigenvalue weighted by molar-refractivity contribution is 9.10. The summed E-state index contributed by atoms with van der Waals surface area (Å²) in [6.07, 6.45) is 0. The van der Waals surface area contributed by atoms with Gasteiger partial charge in [0.25, 0.3) is 0 Å². The third-order valence-corrected chi connectivity index (χ3v) is 2.41. The number of benzene rings is 1. The molecule has 0 bridgehead atoms. The van der Waals surface area contributed by atoms with E-state index in [9.17, 15) is 4.79 Å². The second kappa shape index (κ2) is 4.25. The van der Waals surface area contributed by atoms with E-state index in [-0.39, 0.29) is 0 Å². The van der Waals surface area contributed by atoms with E-state index in [4.69, 9.17) is 5.84 Å². The van der Waals surface area contributed by atoms with Crippen LogP contribution >= 0.6 is 15.9 Å². The van der Waals surface area contributed by atoms with Gasteiger partial charge < -0.3 is 10.2 Å². The number of nitrogens with two attached hydrogens (primary N) is 1. The van der Waals surface area contributed by atoms with Crippen LogP contribution in [0.1, 0.15) is 10.4 Å². The van der Waals surface area contributed by atoms with Gasteiger partial charge in [-0.15, -0.1) is 0 Å². The van der Waals surface area contributed by atoms with Crippen molar-refractivity contribution in [1.29, 1.82) is 0 Å². The van der Waals surface area contributed by atoms with E-state index in [1.165, 1.54) is 7.11 Å². The summed E-state index contributed by atoms with van der Waals surface area (Å²) < 4.78 is 5.18. The van der Waals surface area contributed by atoms with Crippen molar-refractivity contribution >= 4 is 27.6 Å². The van der Waals surface area contributed by atoms with Crippen molar-refractivity contribution < 1.29 is 9.53 Å². The van der Waals surface area contributed by atoms with Crippen LogP contribution in [0.15, 0.2) is 22.7 Å². The Morgan fingerprint density at radius 2 is 2.31 bits per heavy atom. The van der Waals surface area contributed by atoms with Crippen LogP contribution in [0.4, 0.5) is 5.69 Å². The number of hydrazine groups is 1. The number of esters is 1. The van der Waals surface area contributed by atoms with Crippen LogP contribution in [0.3, 0.4) is 0 Å². The number of rotatable bonds is 2. The second-order valence-electron chi connectivity index (χ2n) is 2.30. The Balaban J connectivity index is 3.15. The Kier molecular flexibility index (Phi) is 3.27. The summed E-state index contributed by atoms with van der Waals surface area (Å²) in [4.78, 5) is 11.2. The van der Waals surface area contributed by atoms with Crippen molar-refractivity contribution in [3.63, 3.8) is 0 Å². The van der Waals surface area contributed by atoms with Crippen LogP contribution in [0.25, 0.3) is 0 Å². The summed E-state index contributed by atoms with van der Waals surface area (Å²) in [7, 11) is 1.33. The molecule has 0 saturated heterocycles. The van der Waals surface area contributed by atoms with E-state index in [1.54, 1.807) is 18.2 Å². The lowest BCUT2D eigenvalue weighted by atomic mass is 10.2. The number of anilines is 1. The molecule has 1 aromatic carbocycles. The Labute approximate surface area is 84.2 Å². The highest BCUT2D eigenvalue weighted by Crippen LogP contribution is 2.25. The zero-order chi connectivity index (χ0) is 9.84. The molecule has 0 spiro atoms. The largest absolute Gasteiger partial charge is 0.465 e. The molecule has 70 valence electrons. The van der Waals surface area contributed by atoms with Gasteiger partial charge in [0.2, 0.25) is 0 Å². The minimum absolute atomic E-state index is 0.399. The van der Waals surface area contributed by atoms with Crippen molar-refractivity contribution in [3.05, 3.63) is 28.2 Å². The summed E-state index contributed by atoms with van der Waals surface area (Å²) in [5, 5.41) is 0. The molecule has 0 radical (unpaired) electrons. The molecule has 0 heterocycles. The average molecular weight is 245 g/mol. The first kappa shape index (κ1) is 10.0. The fraction of sp³-hybridized carbons (Fsp3) is 0.125. The first-order chi connectivity index (χ1) is 6.20. The van der Waals surface area contributed by atoms with E-state index in [0.717, 1.165) is 0 Å². The van der Waals surface area contributed by atoms with Crippen molar-refractivity contribution in [3.8, 4) is 0 Å². The molecule has 0 aliphatic rings. The molecule has 5 heteroatoms. The van der Waals surface area contributed by atoms with Gasteiger partial charge >= 0.3 is 5.97 Å². The number of nitrogen functional groups attached to an aromatic ring is 1. The SMILES string of the molecule is COC(=O)c1cccc(NN)c1Br. The lowest BCUT2D eigenvalue weighted by Crippen LogP contribution is -2.10. The topological polar surface area (TPSA) is 64.3 Å². The lowest BCUT2D eigenvalue weighted by Gasteiger charge is -2.06. The number of carbonyl (C=O) groups excluding carboxylic acids is 1. The normalized spacial score (nSPS) is 9.46. The van der Waals surface area contributed by atoms with E-state index >= 15 is 0 Å². The predicted octanol–water partition coefficient (Wildman–Crippen LogP) is 1.52. The molecule has 1 rings (SSSR count). The minimum Gasteiger partial charge on any atom is -0.465 e. The quantitative estimate of drug-likeness (QED) is 0.471. The van der Waals surface area contributed by atoms with Gasteiger partial charge in [0.1, 0.15) is 0 Å². The summed E-state index contributed by atoms with van der Waals surface area (Å²) in [6, 6.07) is 5.11. The van der Waals surface area contributed by atoms with Crippen LogP contribution < -0.4 is 11.3 Å². The maximum Gasteiger partial charge on any atom is 0.339 e. The molecule has 0 amide bonds. The average Bonchev–Trinajstić information content (AvgIpc) is 2.17. The second-order valence-corrected chi connectivity index (χ2v) is 3.10. The third-order valence-electron chi connectivity index (χ3n) is 1.56. The Bertz CT molecular complexity index is 328. The number of methoxy groups -OCH3 is 1. The molecule has 0 unspecified atom stereocenters. The van der Waals surface area contributed by atoms with Crippen LogP contribution in [0.2, 0.25) is 0 Å². The molecule has 0 aliphatic carbocycles. The molecule has 0 aromatic heterocycles. The van der Waals surface area contributed by atoms with Crippen molar-refractivity contribution in [2.75, 3.05) is 12.5 Å². The number of carbonyl (C=O) groups is 1. The van der Waals surface area contributed by atoms with E-state index in [2.05, 4.69) is 26.1 Å². The number of halogens is 1. The summed E-state index contributed by atoms with van der Waals surface area (Å²) in [5.41, 5.74) is 3.54. The molecular weight excluding hydrogens is 236 g/mol. The maximum absolute atomic E-state index is 11.2. The van der Waals surface area contributed by atoms with Gasteiger partial charge in [0.05, 0.1) is 22.8 Å². The maximum atomic E-state index is 11.2. The number of hydrogen-bond acceptors (Lipinski definition) is 4. The van der Waals surface area contributed by atoms with Gasteiger partial charge in [0, 0.05) is 0 Å². The zero-order valence-corrected chi connectivity index (χ0v) is 8.59. The highest BCUT2D eigenvalue weighted by Gasteiger charge is 2.11. The highest BCUT2D eigenvalue weighted by atomic mass is 79.9. The molecule has 0 fully saturated rings. The Hall–Kier alpha value is -1.07. The Morgan fingerprint density at radius 1 is 1.62 bits per heavy atom. The van der Waals surface area contributed by atoms with Crippen LogP contribution in [-0.2, 0) is 4.74 Å². The summed E-state index contributed by atoms with van der Waals surface area (Å²) in [5.74, 6) is 4.83. The lowest BCUT2D eigenvalue weighted by molar-refractivity contribution is 0.0600. The first-order valence-corrected chi connectivity index (χ1v) is 4.33. The number of ether oxygens (including phenoxy) is 1.